The van der Waals surface area contributed by atoms with Crippen LogP contribution in [0.1, 0.15) is 37.0 Å². The monoisotopic (exact) mass is 278 g/mol. The molecule has 1 aromatic rings. The largest absolute Gasteiger partial charge is 0.333 e. The van der Waals surface area contributed by atoms with Crippen LogP contribution in [0.2, 0.25) is 0 Å². The third kappa shape index (κ3) is 2.32. The highest BCUT2D eigenvalue weighted by Gasteiger charge is 2.38. The van der Waals surface area contributed by atoms with E-state index in [2.05, 4.69) is 5.43 Å². The lowest BCUT2D eigenvalue weighted by atomic mass is 10.0. The number of carbonyl (C=O) groups excluding carboxylic acids is 1. The zero-order valence-corrected chi connectivity index (χ0v) is 11.5. The lowest BCUT2D eigenvalue weighted by molar-refractivity contribution is -0.384. The number of hydrazine groups is 1. The molecule has 3 N–H and O–H groups in total. The minimum atomic E-state index is -0.578. The van der Waals surface area contributed by atoms with Crippen molar-refractivity contribution in [2.75, 3.05) is 12.0 Å². The van der Waals surface area contributed by atoms with Gasteiger partial charge < -0.3 is 10.3 Å². The standard InChI is InChI=1S/C13H18N4O3/c1-13(2)7-4-8-16(13)12(18)9-5-3-6-10(15-14)11(9)17(19)20/h3,5-6,15H,4,7-8,14H2,1-2H3. The summed E-state index contributed by atoms with van der Waals surface area (Å²) in [6.45, 7) is 4.55. The molecule has 7 nitrogen and oxygen atoms in total. The van der Waals surface area contributed by atoms with Gasteiger partial charge in [-0.2, -0.15) is 0 Å². The zero-order chi connectivity index (χ0) is 14.9. The molecule has 1 amide bonds. The molecule has 108 valence electrons. The van der Waals surface area contributed by atoms with Crippen molar-refractivity contribution in [2.24, 2.45) is 5.84 Å². The van der Waals surface area contributed by atoms with Gasteiger partial charge in [0.05, 0.1) is 4.92 Å². The lowest BCUT2D eigenvalue weighted by Gasteiger charge is -2.31. The van der Waals surface area contributed by atoms with Gasteiger partial charge >= 0.3 is 5.69 Å². The summed E-state index contributed by atoms with van der Waals surface area (Å²) in [5, 5.41) is 11.2. The Morgan fingerprint density at radius 3 is 2.70 bits per heavy atom. The molecule has 20 heavy (non-hydrogen) atoms. The van der Waals surface area contributed by atoms with E-state index in [1.54, 1.807) is 11.0 Å². The second-order valence-corrected chi connectivity index (χ2v) is 5.48. The fourth-order valence-corrected chi connectivity index (χ4v) is 2.66. The number of nitrogen functional groups attached to an aromatic ring is 1. The van der Waals surface area contributed by atoms with E-state index < -0.39 is 4.92 Å². The van der Waals surface area contributed by atoms with E-state index in [9.17, 15) is 14.9 Å². The molecule has 0 aromatic heterocycles. The van der Waals surface area contributed by atoms with E-state index in [1.807, 2.05) is 13.8 Å². The van der Waals surface area contributed by atoms with Crippen molar-refractivity contribution in [1.29, 1.82) is 0 Å². The van der Waals surface area contributed by atoms with Crippen molar-refractivity contribution < 1.29 is 9.72 Å². The highest BCUT2D eigenvalue weighted by atomic mass is 16.6. The summed E-state index contributed by atoms with van der Waals surface area (Å²) in [5.74, 6) is 4.96. The zero-order valence-electron chi connectivity index (χ0n) is 11.5. The Balaban J connectivity index is 2.47. The third-order valence-corrected chi connectivity index (χ3v) is 3.75. The van der Waals surface area contributed by atoms with Gasteiger partial charge in [0.2, 0.25) is 0 Å². The number of nitrogens with two attached hydrogens (primary N) is 1. The molecule has 1 aliphatic rings. The first-order chi connectivity index (χ1) is 9.38. The van der Waals surface area contributed by atoms with Gasteiger partial charge in [-0.05, 0) is 38.8 Å². The Morgan fingerprint density at radius 1 is 1.50 bits per heavy atom. The summed E-state index contributed by atoms with van der Waals surface area (Å²) in [4.78, 5) is 24.9. The summed E-state index contributed by atoms with van der Waals surface area (Å²) in [6.07, 6.45) is 1.79. The lowest BCUT2D eigenvalue weighted by Crippen LogP contribution is -2.42. The van der Waals surface area contributed by atoms with Crippen LogP contribution in [0, 0.1) is 10.1 Å². The van der Waals surface area contributed by atoms with Crippen LogP contribution in [0.15, 0.2) is 18.2 Å². The summed E-state index contributed by atoms with van der Waals surface area (Å²) in [5.41, 5.74) is 1.92. The maximum absolute atomic E-state index is 12.6. The number of hydrogen-bond donors (Lipinski definition) is 2. The van der Waals surface area contributed by atoms with Crippen LogP contribution in [0.25, 0.3) is 0 Å². The van der Waals surface area contributed by atoms with Crippen molar-refractivity contribution in [3.05, 3.63) is 33.9 Å². The Labute approximate surface area is 116 Å². The highest BCUT2D eigenvalue weighted by Crippen LogP contribution is 2.34. The number of para-hydroxylation sites is 1. The topological polar surface area (TPSA) is 102 Å². The van der Waals surface area contributed by atoms with Crippen molar-refractivity contribution >= 4 is 17.3 Å². The number of benzene rings is 1. The number of nitrogens with zero attached hydrogens (tertiary/aromatic N) is 2. The highest BCUT2D eigenvalue weighted by molar-refractivity contribution is 6.01. The number of hydrogen-bond acceptors (Lipinski definition) is 5. The Hall–Kier alpha value is -2.15. The first kappa shape index (κ1) is 14.3. The molecule has 2 rings (SSSR count). The van der Waals surface area contributed by atoms with E-state index in [0.29, 0.717) is 6.54 Å². The van der Waals surface area contributed by atoms with Crippen LogP contribution < -0.4 is 11.3 Å². The minimum Gasteiger partial charge on any atom is -0.333 e. The Kier molecular flexibility index (Phi) is 3.63. The second-order valence-electron chi connectivity index (χ2n) is 5.48. The number of rotatable bonds is 3. The molecule has 0 atom stereocenters. The molecule has 0 unspecified atom stereocenters. The van der Waals surface area contributed by atoms with Gasteiger partial charge in [-0.25, -0.2) is 0 Å². The molecule has 1 aromatic carbocycles. The number of anilines is 1. The van der Waals surface area contributed by atoms with Crippen LogP contribution >= 0.6 is 0 Å². The number of nitro groups is 1. The van der Waals surface area contributed by atoms with Gasteiger partial charge in [-0.1, -0.05) is 6.07 Å². The van der Waals surface area contributed by atoms with Crippen molar-refractivity contribution in [2.45, 2.75) is 32.2 Å². The average molecular weight is 278 g/mol. The van der Waals surface area contributed by atoms with Crippen molar-refractivity contribution in [3.63, 3.8) is 0 Å². The maximum atomic E-state index is 12.6. The van der Waals surface area contributed by atoms with Crippen LogP contribution in [-0.4, -0.2) is 27.8 Å². The molecule has 0 spiro atoms. The molecule has 0 aliphatic carbocycles. The SMILES string of the molecule is CC1(C)CCCN1C(=O)c1cccc(NN)c1[N+](=O)[O-]. The minimum absolute atomic E-state index is 0.0698. The molecule has 7 heteroatoms. The Morgan fingerprint density at radius 2 is 2.20 bits per heavy atom. The van der Waals surface area contributed by atoms with E-state index in [0.717, 1.165) is 12.8 Å². The molecule has 0 radical (unpaired) electrons. The molecule has 1 saturated heterocycles. The predicted octanol–water partition coefficient (Wildman–Crippen LogP) is 1.89. The normalized spacial score (nSPS) is 17.1. The predicted molar refractivity (Wildman–Crippen MR) is 75.3 cm³/mol. The van der Waals surface area contributed by atoms with Crippen LogP contribution in [-0.2, 0) is 0 Å². The van der Waals surface area contributed by atoms with Gasteiger partial charge in [0.15, 0.2) is 0 Å². The molecular formula is C13H18N4O3. The smallest absolute Gasteiger partial charge is 0.306 e. The Bertz CT molecular complexity index is 557. The van der Waals surface area contributed by atoms with E-state index >= 15 is 0 Å². The summed E-state index contributed by atoms with van der Waals surface area (Å²) < 4.78 is 0. The molecule has 0 saturated carbocycles. The molecule has 1 heterocycles. The van der Waals surface area contributed by atoms with Crippen LogP contribution in [0.5, 0.6) is 0 Å². The van der Waals surface area contributed by atoms with Crippen LogP contribution in [0.3, 0.4) is 0 Å². The number of carbonyl (C=O) groups is 1. The first-order valence-electron chi connectivity index (χ1n) is 6.44. The number of amides is 1. The summed E-state index contributed by atoms with van der Waals surface area (Å²) in [6, 6.07) is 4.53. The van der Waals surface area contributed by atoms with Gasteiger partial charge in [0.25, 0.3) is 5.91 Å². The van der Waals surface area contributed by atoms with E-state index in [4.69, 9.17) is 5.84 Å². The number of nitro benzene ring substituents is 1. The molecular weight excluding hydrogens is 260 g/mol. The molecule has 1 fully saturated rings. The van der Waals surface area contributed by atoms with Crippen molar-refractivity contribution in [3.8, 4) is 0 Å². The molecule has 0 bridgehead atoms. The fourth-order valence-electron chi connectivity index (χ4n) is 2.66. The summed E-state index contributed by atoms with van der Waals surface area (Å²) in [7, 11) is 0. The fraction of sp³-hybridized carbons (Fsp3) is 0.462. The third-order valence-electron chi connectivity index (χ3n) is 3.75. The molecule has 1 aliphatic heterocycles. The van der Waals surface area contributed by atoms with Crippen molar-refractivity contribution in [1.82, 2.24) is 4.90 Å². The summed E-state index contributed by atoms with van der Waals surface area (Å²) >= 11 is 0. The van der Waals surface area contributed by atoms with Gasteiger partial charge in [0, 0.05) is 12.1 Å². The number of likely N-dealkylation sites (tertiary alicyclic amines) is 1. The number of nitrogens with one attached hydrogen (secondary N) is 1. The maximum Gasteiger partial charge on any atom is 0.306 e. The second kappa shape index (κ2) is 5.09. The first-order valence-corrected chi connectivity index (χ1v) is 6.44. The van der Waals surface area contributed by atoms with E-state index in [1.165, 1.54) is 12.1 Å². The van der Waals surface area contributed by atoms with Gasteiger partial charge in [-0.15, -0.1) is 0 Å². The van der Waals surface area contributed by atoms with E-state index in [-0.39, 0.29) is 28.4 Å². The van der Waals surface area contributed by atoms with Crippen LogP contribution in [0.4, 0.5) is 11.4 Å². The van der Waals surface area contributed by atoms with Gasteiger partial charge in [0.1, 0.15) is 11.3 Å². The quantitative estimate of drug-likeness (QED) is 0.499. The average Bonchev–Trinajstić information content (AvgIpc) is 2.76. The van der Waals surface area contributed by atoms with Gasteiger partial charge in [-0.3, -0.25) is 20.8 Å².